The van der Waals surface area contributed by atoms with Crippen molar-refractivity contribution in [1.29, 1.82) is 0 Å². The van der Waals surface area contributed by atoms with Crippen LogP contribution in [0.2, 0.25) is 0 Å². The predicted octanol–water partition coefficient (Wildman–Crippen LogP) is 5.26. The molecule has 0 atom stereocenters. The molecule has 0 heterocycles. The van der Waals surface area contributed by atoms with Crippen LogP contribution in [0, 0.1) is 5.41 Å². The van der Waals surface area contributed by atoms with Gasteiger partial charge in [-0.25, -0.2) is 0 Å². The van der Waals surface area contributed by atoms with Crippen molar-refractivity contribution >= 4 is 18.3 Å². The standard InChI is InChI=1S/C18H30N2S/c1-8-13(2)19-14(3)15(4)20-16(5)17(6)9-11-18(7,21)12-10-17/h8,20-21H,1,5,9-12H2,2-4,6-7H3/b15-14+,19-13?. The molecule has 0 spiro atoms. The van der Waals surface area contributed by atoms with E-state index in [1.807, 2.05) is 13.8 Å². The molecule has 1 aliphatic rings. The van der Waals surface area contributed by atoms with Crippen LogP contribution in [0.5, 0.6) is 0 Å². The molecular formula is C18H30N2S. The Labute approximate surface area is 135 Å². The fourth-order valence-electron chi connectivity index (χ4n) is 2.50. The lowest BCUT2D eigenvalue weighted by Gasteiger charge is -2.42. The van der Waals surface area contributed by atoms with Gasteiger partial charge in [-0.05, 0) is 52.5 Å². The molecule has 0 saturated heterocycles. The molecular weight excluding hydrogens is 276 g/mol. The van der Waals surface area contributed by atoms with E-state index in [0.717, 1.165) is 48.5 Å². The van der Waals surface area contributed by atoms with E-state index in [4.69, 9.17) is 12.6 Å². The number of rotatable bonds is 5. The Bertz CT molecular complexity index is 473. The van der Waals surface area contributed by atoms with Crippen molar-refractivity contribution in [2.75, 3.05) is 0 Å². The minimum Gasteiger partial charge on any atom is -0.361 e. The van der Waals surface area contributed by atoms with Crippen LogP contribution in [0.3, 0.4) is 0 Å². The summed E-state index contributed by atoms with van der Waals surface area (Å²) in [6.07, 6.45) is 6.27. The Morgan fingerprint density at radius 3 is 2.14 bits per heavy atom. The maximum Gasteiger partial charge on any atom is 0.0565 e. The number of hydrogen-bond acceptors (Lipinski definition) is 3. The second-order valence-electron chi connectivity index (χ2n) is 6.83. The van der Waals surface area contributed by atoms with Crippen molar-refractivity contribution < 1.29 is 0 Å². The Morgan fingerprint density at radius 1 is 1.14 bits per heavy atom. The van der Waals surface area contributed by atoms with Gasteiger partial charge in [-0.15, -0.1) is 0 Å². The third-order valence-corrected chi connectivity index (χ3v) is 5.13. The van der Waals surface area contributed by atoms with E-state index in [1.54, 1.807) is 6.08 Å². The summed E-state index contributed by atoms with van der Waals surface area (Å²) in [5.74, 6) is 0. The minimum atomic E-state index is 0.140. The molecule has 0 radical (unpaired) electrons. The van der Waals surface area contributed by atoms with Crippen LogP contribution in [-0.2, 0) is 0 Å². The molecule has 0 aliphatic heterocycles. The molecule has 0 amide bonds. The SMILES string of the molecule is C=CC(C)=N/C(C)=C(\C)NC(=C)C1(C)CCC(C)(S)CC1. The maximum absolute atomic E-state index is 4.73. The molecule has 0 aromatic heterocycles. The zero-order valence-corrected chi connectivity index (χ0v) is 15.1. The lowest BCUT2D eigenvalue weighted by atomic mass is 9.70. The first-order chi connectivity index (χ1) is 9.59. The molecule has 1 rings (SSSR count). The minimum absolute atomic E-state index is 0.140. The smallest absolute Gasteiger partial charge is 0.0565 e. The van der Waals surface area contributed by atoms with E-state index in [0.29, 0.717) is 0 Å². The lowest BCUT2D eigenvalue weighted by Crippen LogP contribution is -2.36. The second-order valence-corrected chi connectivity index (χ2v) is 7.91. The molecule has 21 heavy (non-hydrogen) atoms. The molecule has 0 unspecified atom stereocenters. The highest BCUT2D eigenvalue weighted by Gasteiger charge is 2.37. The summed E-state index contributed by atoms with van der Waals surface area (Å²) >= 11 is 4.73. The number of nitrogens with zero attached hydrogens (tertiary/aromatic N) is 1. The normalized spacial score (nSPS) is 31.4. The summed E-state index contributed by atoms with van der Waals surface area (Å²) in [4.78, 5) is 4.50. The largest absolute Gasteiger partial charge is 0.361 e. The number of allylic oxidation sites excluding steroid dienone is 4. The van der Waals surface area contributed by atoms with Gasteiger partial charge in [-0.3, -0.25) is 4.99 Å². The van der Waals surface area contributed by atoms with E-state index in [2.05, 4.69) is 44.2 Å². The van der Waals surface area contributed by atoms with E-state index in [1.165, 1.54) is 0 Å². The zero-order chi connectivity index (χ0) is 16.3. The molecule has 1 N–H and O–H groups in total. The predicted molar refractivity (Wildman–Crippen MR) is 97.9 cm³/mol. The molecule has 3 heteroatoms. The summed E-state index contributed by atoms with van der Waals surface area (Å²) in [7, 11) is 0. The lowest BCUT2D eigenvalue weighted by molar-refractivity contribution is 0.230. The van der Waals surface area contributed by atoms with Gasteiger partial charge in [0.1, 0.15) is 0 Å². The fraction of sp³-hybridized carbons (Fsp3) is 0.611. The molecule has 0 aromatic carbocycles. The third kappa shape index (κ3) is 5.06. The highest BCUT2D eigenvalue weighted by Crippen LogP contribution is 2.46. The van der Waals surface area contributed by atoms with Gasteiger partial charge < -0.3 is 5.32 Å². The van der Waals surface area contributed by atoms with Crippen molar-refractivity contribution in [2.45, 2.75) is 65.0 Å². The summed E-state index contributed by atoms with van der Waals surface area (Å²) in [6, 6.07) is 0. The van der Waals surface area contributed by atoms with Crippen LogP contribution >= 0.6 is 12.6 Å². The highest BCUT2D eigenvalue weighted by molar-refractivity contribution is 7.81. The molecule has 2 nitrogen and oxygen atoms in total. The van der Waals surface area contributed by atoms with Gasteiger partial charge in [0.15, 0.2) is 0 Å². The molecule has 1 fully saturated rings. The van der Waals surface area contributed by atoms with Gasteiger partial charge in [0.25, 0.3) is 0 Å². The highest BCUT2D eigenvalue weighted by atomic mass is 32.1. The fourth-order valence-corrected chi connectivity index (χ4v) is 2.73. The Morgan fingerprint density at radius 2 is 1.67 bits per heavy atom. The van der Waals surface area contributed by atoms with Gasteiger partial charge in [0, 0.05) is 27.3 Å². The van der Waals surface area contributed by atoms with E-state index in [-0.39, 0.29) is 10.2 Å². The van der Waals surface area contributed by atoms with Gasteiger partial charge >= 0.3 is 0 Å². The van der Waals surface area contributed by atoms with Gasteiger partial charge in [-0.2, -0.15) is 12.6 Å². The number of aliphatic imine (C=N–C) groups is 1. The third-order valence-electron chi connectivity index (χ3n) is 4.68. The van der Waals surface area contributed by atoms with E-state index >= 15 is 0 Å². The Kier molecular flexibility index (Phi) is 5.92. The van der Waals surface area contributed by atoms with E-state index in [9.17, 15) is 0 Å². The first-order valence-corrected chi connectivity index (χ1v) is 8.08. The molecule has 0 aromatic rings. The average molecular weight is 307 g/mol. The average Bonchev–Trinajstić information content (AvgIpc) is 2.42. The Hall–Kier alpha value is -0.960. The molecule has 1 aliphatic carbocycles. The van der Waals surface area contributed by atoms with Crippen molar-refractivity contribution in [3.05, 3.63) is 36.3 Å². The topological polar surface area (TPSA) is 24.4 Å². The maximum atomic E-state index is 4.73. The van der Waals surface area contributed by atoms with Crippen LogP contribution in [0.25, 0.3) is 0 Å². The molecule has 1 saturated carbocycles. The summed E-state index contributed by atoms with van der Waals surface area (Å²) in [5.41, 5.74) is 4.19. The molecule has 118 valence electrons. The summed E-state index contributed by atoms with van der Waals surface area (Å²) in [5, 5.41) is 3.47. The van der Waals surface area contributed by atoms with Crippen LogP contribution < -0.4 is 5.32 Å². The van der Waals surface area contributed by atoms with Crippen molar-refractivity contribution in [3.63, 3.8) is 0 Å². The van der Waals surface area contributed by atoms with Crippen LogP contribution in [0.1, 0.15) is 60.3 Å². The quantitative estimate of drug-likeness (QED) is 0.525. The van der Waals surface area contributed by atoms with Crippen molar-refractivity contribution in [3.8, 4) is 0 Å². The van der Waals surface area contributed by atoms with Gasteiger partial charge in [0.2, 0.25) is 0 Å². The second kappa shape index (κ2) is 6.87. The van der Waals surface area contributed by atoms with Crippen LogP contribution in [0.15, 0.2) is 41.3 Å². The summed E-state index contributed by atoms with van der Waals surface area (Å²) in [6.45, 7) is 18.6. The van der Waals surface area contributed by atoms with Crippen molar-refractivity contribution in [1.82, 2.24) is 5.32 Å². The number of nitrogens with one attached hydrogen (secondary N) is 1. The van der Waals surface area contributed by atoms with E-state index < -0.39 is 0 Å². The van der Waals surface area contributed by atoms with Crippen molar-refractivity contribution in [2.24, 2.45) is 10.4 Å². The zero-order valence-electron chi connectivity index (χ0n) is 14.2. The van der Waals surface area contributed by atoms with Gasteiger partial charge in [0.05, 0.1) is 5.70 Å². The monoisotopic (exact) mass is 306 g/mol. The Balaban J connectivity index is 2.77. The number of thiol groups is 1. The van der Waals surface area contributed by atoms with Crippen LogP contribution in [0.4, 0.5) is 0 Å². The first-order valence-electron chi connectivity index (χ1n) is 7.64. The first kappa shape index (κ1) is 18.1. The molecule has 0 bridgehead atoms. The van der Waals surface area contributed by atoms with Crippen LogP contribution in [-0.4, -0.2) is 10.5 Å². The van der Waals surface area contributed by atoms with Gasteiger partial charge in [-0.1, -0.05) is 27.0 Å². The summed E-state index contributed by atoms with van der Waals surface area (Å²) < 4.78 is 0.173. The number of hydrogen-bond donors (Lipinski definition) is 2.